The van der Waals surface area contributed by atoms with E-state index in [2.05, 4.69) is 24.1 Å². The van der Waals surface area contributed by atoms with E-state index >= 15 is 0 Å². The molecule has 4 atom stereocenters. The van der Waals surface area contributed by atoms with Crippen LogP contribution in [0.4, 0.5) is 0 Å². The third kappa shape index (κ3) is 2.24. The van der Waals surface area contributed by atoms with E-state index < -0.39 is 11.0 Å². The molecule has 1 aromatic rings. The second-order valence-electron chi connectivity index (χ2n) is 7.86. The van der Waals surface area contributed by atoms with Crippen molar-refractivity contribution in [1.29, 1.82) is 0 Å². The van der Waals surface area contributed by atoms with Gasteiger partial charge in [0.25, 0.3) is 0 Å². The lowest BCUT2D eigenvalue weighted by molar-refractivity contribution is -0.154. The Morgan fingerprint density at radius 3 is 2.56 bits per heavy atom. The number of piperidine rings is 1. The van der Waals surface area contributed by atoms with E-state index in [-0.39, 0.29) is 17.9 Å². The molecule has 27 heavy (non-hydrogen) atoms. The van der Waals surface area contributed by atoms with Crippen LogP contribution in [0.3, 0.4) is 0 Å². The van der Waals surface area contributed by atoms with E-state index in [4.69, 9.17) is 18.9 Å². The topological polar surface area (TPSA) is 60.4 Å². The van der Waals surface area contributed by atoms with Crippen LogP contribution in [0.5, 0.6) is 11.5 Å². The SMILES string of the molecule is COC1=CC2(OC)C3Cc4ccc(OC)c(O)c4[C@]2(CCN3C)CC1OC. The highest BCUT2D eigenvalue weighted by Gasteiger charge is 2.66. The lowest BCUT2D eigenvalue weighted by Crippen LogP contribution is -2.72. The summed E-state index contributed by atoms with van der Waals surface area (Å²) in [7, 11) is 8.88. The average Bonchev–Trinajstić information content (AvgIpc) is 2.69. The predicted octanol–water partition coefficient (Wildman–Crippen LogP) is 2.23. The van der Waals surface area contributed by atoms with E-state index in [1.807, 2.05) is 6.07 Å². The molecule has 1 N–H and O–H groups in total. The molecule has 0 radical (unpaired) electrons. The van der Waals surface area contributed by atoms with Crippen LogP contribution in [0.15, 0.2) is 24.0 Å². The van der Waals surface area contributed by atoms with Gasteiger partial charge in [-0.15, -0.1) is 0 Å². The third-order valence-electron chi connectivity index (χ3n) is 7.07. The van der Waals surface area contributed by atoms with Crippen LogP contribution in [0.25, 0.3) is 0 Å². The molecule has 1 fully saturated rings. The maximum absolute atomic E-state index is 11.2. The summed E-state index contributed by atoms with van der Waals surface area (Å²) in [6.07, 6.45) is 4.26. The van der Waals surface area contributed by atoms with E-state index in [1.54, 1.807) is 28.4 Å². The molecule has 0 saturated carbocycles. The number of likely N-dealkylation sites (tertiary alicyclic amines) is 1. The number of methoxy groups -OCH3 is 4. The van der Waals surface area contributed by atoms with Gasteiger partial charge in [0.05, 0.1) is 14.2 Å². The van der Waals surface area contributed by atoms with Crippen molar-refractivity contribution in [3.8, 4) is 11.5 Å². The Kier molecular flexibility index (Phi) is 4.41. The fourth-order valence-corrected chi connectivity index (χ4v) is 5.78. The molecule has 0 amide bonds. The van der Waals surface area contributed by atoms with Crippen molar-refractivity contribution in [3.63, 3.8) is 0 Å². The van der Waals surface area contributed by atoms with Gasteiger partial charge in [0.2, 0.25) is 0 Å². The number of ether oxygens (including phenoxy) is 4. The van der Waals surface area contributed by atoms with Crippen LogP contribution in [0.2, 0.25) is 0 Å². The molecule has 148 valence electrons. The normalized spacial score (nSPS) is 35.1. The highest BCUT2D eigenvalue weighted by molar-refractivity contribution is 5.60. The summed E-state index contributed by atoms with van der Waals surface area (Å²) < 4.78 is 23.2. The fourth-order valence-electron chi connectivity index (χ4n) is 5.78. The van der Waals surface area contributed by atoms with Crippen LogP contribution in [-0.2, 0) is 26.0 Å². The molecule has 0 aromatic heterocycles. The van der Waals surface area contributed by atoms with Gasteiger partial charge in [-0.25, -0.2) is 0 Å². The minimum atomic E-state index is -0.600. The number of rotatable bonds is 4. The molecule has 1 aromatic carbocycles. The summed E-state index contributed by atoms with van der Waals surface area (Å²) in [6.45, 7) is 0.929. The molecular weight excluding hydrogens is 346 g/mol. The van der Waals surface area contributed by atoms with Crippen LogP contribution >= 0.6 is 0 Å². The number of hydrogen-bond acceptors (Lipinski definition) is 6. The number of benzene rings is 1. The number of nitrogens with zero attached hydrogens (tertiary/aromatic N) is 1. The predicted molar refractivity (Wildman–Crippen MR) is 101 cm³/mol. The van der Waals surface area contributed by atoms with Gasteiger partial charge in [-0.3, -0.25) is 4.90 Å². The molecule has 3 aliphatic rings. The average molecular weight is 375 g/mol. The maximum Gasteiger partial charge on any atom is 0.161 e. The van der Waals surface area contributed by atoms with Gasteiger partial charge in [-0.2, -0.15) is 0 Å². The zero-order chi connectivity index (χ0) is 19.4. The summed E-state index contributed by atoms with van der Waals surface area (Å²) in [6, 6.07) is 4.09. The Bertz CT molecular complexity index is 778. The van der Waals surface area contributed by atoms with Gasteiger partial charge >= 0.3 is 0 Å². The smallest absolute Gasteiger partial charge is 0.161 e. The first-order valence-corrected chi connectivity index (χ1v) is 9.42. The molecule has 6 heteroatoms. The summed E-state index contributed by atoms with van der Waals surface area (Å²) in [4.78, 5) is 2.36. The second kappa shape index (κ2) is 6.40. The number of phenols is 1. The molecule has 1 saturated heterocycles. The Balaban J connectivity index is 2.04. The van der Waals surface area contributed by atoms with Crippen LogP contribution in [-0.4, -0.2) is 69.8 Å². The summed E-state index contributed by atoms with van der Waals surface area (Å²) in [5, 5.41) is 11.2. The highest BCUT2D eigenvalue weighted by atomic mass is 16.5. The van der Waals surface area contributed by atoms with Gasteiger partial charge in [-0.1, -0.05) is 6.07 Å². The molecule has 4 rings (SSSR count). The second-order valence-corrected chi connectivity index (χ2v) is 7.86. The lowest BCUT2D eigenvalue weighted by Gasteiger charge is -2.63. The van der Waals surface area contributed by atoms with Crippen molar-refractivity contribution >= 4 is 0 Å². The van der Waals surface area contributed by atoms with Crippen LogP contribution in [0, 0.1) is 0 Å². The van der Waals surface area contributed by atoms with E-state index in [1.165, 1.54) is 0 Å². The van der Waals surface area contributed by atoms with Crippen molar-refractivity contribution in [1.82, 2.24) is 4.90 Å². The molecule has 2 aliphatic carbocycles. The molecular formula is C21H29NO5. The van der Waals surface area contributed by atoms with Crippen LogP contribution < -0.4 is 4.74 Å². The molecule has 2 bridgehead atoms. The van der Waals surface area contributed by atoms with Gasteiger partial charge in [0.1, 0.15) is 17.5 Å². The summed E-state index contributed by atoms with van der Waals surface area (Å²) in [5.74, 6) is 1.52. The van der Waals surface area contributed by atoms with Gasteiger partial charge < -0.3 is 24.1 Å². The monoisotopic (exact) mass is 375 g/mol. The number of hydrogen-bond donors (Lipinski definition) is 1. The zero-order valence-corrected chi connectivity index (χ0v) is 16.7. The largest absolute Gasteiger partial charge is 0.504 e. The van der Waals surface area contributed by atoms with Gasteiger partial charge in [0, 0.05) is 31.2 Å². The quantitative estimate of drug-likeness (QED) is 0.871. The number of aromatic hydroxyl groups is 1. The van der Waals surface area contributed by atoms with Crippen molar-refractivity contribution in [3.05, 3.63) is 35.1 Å². The van der Waals surface area contributed by atoms with E-state index in [0.29, 0.717) is 12.2 Å². The summed E-state index contributed by atoms with van der Waals surface area (Å²) >= 11 is 0. The molecule has 1 aliphatic heterocycles. The van der Waals surface area contributed by atoms with Crippen molar-refractivity contribution in [2.75, 3.05) is 42.0 Å². The first-order chi connectivity index (χ1) is 13.0. The molecule has 0 spiro atoms. The standard InChI is InChI=1S/C21H29NO5/c1-22-9-8-20-11-15(25-3)16(26-4)12-21(20,27-5)17(22)10-13-6-7-14(24-2)19(23)18(13)20/h6-7,12,15,17,23H,8-11H2,1-5H3/t15?,17?,20-,21?/m0/s1. The highest BCUT2D eigenvalue weighted by Crippen LogP contribution is 2.61. The number of phenolic OH excluding ortho intramolecular Hbond substituents is 1. The third-order valence-corrected chi connectivity index (χ3v) is 7.07. The first-order valence-electron chi connectivity index (χ1n) is 9.42. The van der Waals surface area contributed by atoms with Crippen molar-refractivity contribution in [2.24, 2.45) is 0 Å². The Labute approximate surface area is 160 Å². The number of fused-ring (bicyclic) bond motifs is 1. The fraction of sp³-hybridized carbons (Fsp3) is 0.619. The molecule has 1 heterocycles. The molecule has 3 unspecified atom stereocenters. The Morgan fingerprint density at radius 2 is 1.93 bits per heavy atom. The minimum absolute atomic E-state index is 0.152. The van der Waals surface area contributed by atoms with Crippen molar-refractivity contribution < 1.29 is 24.1 Å². The minimum Gasteiger partial charge on any atom is -0.504 e. The lowest BCUT2D eigenvalue weighted by atomic mass is 9.50. The van der Waals surface area contributed by atoms with Gasteiger partial charge in [-0.05, 0) is 50.6 Å². The van der Waals surface area contributed by atoms with Gasteiger partial charge in [0.15, 0.2) is 11.5 Å². The Hall–Kier alpha value is -1.76. The summed E-state index contributed by atoms with van der Waals surface area (Å²) in [5.41, 5.74) is 1.09. The van der Waals surface area contributed by atoms with E-state index in [9.17, 15) is 5.11 Å². The van der Waals surface area contributed by atoms with Crippen molar-refractivity contribution in [2.45, 2.75) is 42.4 Å². The maximum atomic E-state index is 11.2. The number of likely N-dealkylation sites (N-methyl/N-ethyl adjacent to an activating group) is 1. The van der Waals surface area contributed by atoms with E-state index in [0.717, 1.165) is 36.3 Å². The molecule has 6 nitrogen and oxygen atoms in total. The zero-order valence-electron chi connectivity index (χ0n) is 16.7. The first kappa shape index (κ1) is 18.6. The Morgan fingerprint density at radius 1 is 1.15 bits per heavy atom. The van der Waals surface area contributed by atoms with Crippen LogP contribution in [0.1, 0.15) is 24.0 Å².